The van der Waals surface area contributed by atoms with E-state index < -0.39 is 0 Å². The smallest absolute Gasteiger partial charge is 0.321 e. The lowest BCUT2D eigenvalue weighted by Crippen LogP contribution is -1.96. The number of hydrogen-bond donors (Lipinski definition) is 0. The highest BCUT2D eigenvalue weighted by Crippen LogP contribution is 2.22. The average Bonchev–Trinajstić information content (AvgIpc) is 2.43. The van der Waals surface area contributed by atoms with Crippen molar-refractivity contribution < 1.29 is 9.13 Å². The second kappa shape index (κ2) is 4.21. The summed E-state index contributed by atoms with van der Waals surface area (Å²) in [5.74, 6) is 0.0664. The molecule has 0 N–H and O–H groups in total. The van der Waals surface area contributed by atoms with Crippen molar-refractivity contribution in [2.24, 2.45) is 7.05 Å². The Labute approximate surface area is 100 Å². The average molecular weight is 286 g/mol. The lowest BCUT2D eigenvalue weighted by Gasteiger charge is -2.04. The molecule has 0 bridgehead atoms. The van der Waals surface area contributed by atoms with Crippen LogP contribution in [-0.4, -0.2) is 14.8 Å². The van der Waals surface area contributed by atoms with Crippen LogP contribution in [0.1, 0.15) is 5.56 Å². The van der Waals surface area contributed by atoms with E-state index in [-0.39, 0.29) is 5.82 Å². The maximum absolute atomic E-state index is 13.1. The van der Waals surface area contributed by atoms with Gasteiger partial charge in [-0.1, -0.05) is 0 Å². The summed E-state index contributed by atoms with van der Waals surface area (Å²) in [6, 6.07) is 4.76. The molecule has 0 fully saturated rings. The third-order valence-corrected chi connectivity index (χ3v) is 2.26. The van der Waals surface area contributed by atoms with E-state index in [0.717, 1.165) is 5.56 Å². The monoisotopic (exact) mass is 285 g/mol. The van der Waals surface area contributed by atoms with Gasteiger partial charge in [-0.05, 0) is 40.5 Å². The number of halogens is 2. The molecule has 0 aliphatic carbocycles. The molecule has 0 aliphatic heterocycles. The van der Waals surface area contributed by atoms with E-state index in [1.807, 2.05) is 0 Å². The van der Waals surface area contributed by atoms with E-state index in [0.29, 0.717) is 16.5 Å². The van der Waals surface area contributed by atoms with E-state index in [1.165, 1.54) is 16.8 Å². The molecule has 0 amide bonds. The Hall–Kier alpha value is -1.43. The largest absolute Gasteiger partial charge is 0.424 e. The lowest BCUT2D eigenvalue weighted by atomic mass is 10.2. The Morgan fingerprint density at radius 2 is 2.12 bits per heavy atom. The minimum absolute atomic E-state index is 0.303. The molecule has 1 aromatic heterocycles. The number of aryl methyl sites for hydroxylation is 2. The van der Waals surface area contributed by atoms with Gasteiger partial charge in [0.25, 0.3) is 0 Å². The van der Waals surface area contributed by atoms with Crippen LogP contribution >= 0.6 is 15.9 Å². The number of nitrogens with zero attached hydrogens (tertiary/aromatic N) is 3. The summed E-state index contributed by atoms with van der Waals surface area (Å²) >= 11 is 3.13. The number of aromatic nitrogens is 3. The Kier molecular flexibility index (Phi) is 2.91. The summed E-state index contributed by atoms with van der Waals surface area (Å²) in [5.41, 5.74) is 0.788. The van der Waals surface area contributed by atoms with Crippen molar-refractivity contribution in [3.63, 3.8) is 0 Å². The molecule has 0 aliphatic rings. The molecular weight excluding hydrogens is 277 g/mol. The van der Waals surface area contributed by atoms with Crippen molar-refractivity contribution in [1.29, 1.82) is 0 Å². The van der Waals surface area contributed by atoms with Gasteiger partial charge in [0.15, 0.2) is 0 Å². The van der Waals surface area contributed by atoms with Crippen LogP contribution in [0.2, 0.25) is 0 Å². The maximum atomic E-state index is 13.1. The third kappa shape index (κ3) is 2.38. The molecule has 0 unspecified atom stereocenters. The van der Waals surface area contributed by atoms with Crippen molar-refractivity contribution in [3.8, 4) is 11.8 Å². The third-order valence-electron chi connectivity index (χ3n) is 1.92. The van der Waals surface area contributed by atoms with Gasteiger partial charge >= 0.3 is 6.01 Å². The van der Waals surface area contributed by atoms with E-state index in [4.69, 9.17) is 4.74 Å². The predicted octanol–water partition coefficient (Wildman–Crippen LogP) is 2.82. The number of hydrogen-bond acceptors (Lipinski definition) is 3. The fourth-order valence-corrected chi connectivity index (χ4v) is 1.69. The SMILES string of the molecule is Cc1cc(F)cc(Oc2nc(Br)nn2C)c1. The molecule has 1 aromatic carbocycles. The zero-order valence-corrected chi connectivity index (χ0v) is 10.3. The maximum Gasteiger partial charge on any atom is 0.321 e. The first-order valence-corrected chi connectivity index (χ1v) is 5.35. The van der Waals surface area contributed by atoms with Crippen LogP contribution in [0.3, 0.4) is 0 Å². The highest BCUT2D eigenvalue weighted by atomic mass is 79.9. The summed E-state index contributed by atoms with van der Waals surface area (Å²) in [6.45, 7) is 1.79. The second-order valence-corrected chi connectivity index (χ2v) is 4.06. The summed E-state index contributed by atoms with van der Waals surface area (Å²) in [4.78, 5) is 3.99. The van der Waals surface area contributed by atoms with Crippen LogP contribution in [0.5, 0.6) is 11.8 Å². The van der Waals surface area contributed by atoms with Crippen LogP contribution in [0.4, 0.5) is 4.39 Å². The molecule has 2 aromatic rings. The summed E-state index contributed by atoms with van der Waals surface area (Å²) in [5, 5.41) is 3.96. The first-order chi connectivity index (χ1) is 7.54. The second-order valence-electron chi connectivity index (χ2n) is 3.35. The molecule has 16 heavy (non-hydrogen) atoms. The van der Waals surface area contributed by atoms with Gasteiger partial charge in [-0.3, -0.25) is 0 Å². The predicted molar refractivity (Wildman–Crippen MR) is 59.9 cm³/mol. The van der Waals surface area contributed by atoms with E-state index in [1.54, 1.807) is 20.0 Å². The van der Waals surface area contributed by atoms with Gasteiger partial charge in [-0.2, -0.15) is 4.98 Å². The zero-order chi connectivity index (χ0) is 11.7. The first kappa shape index (κ1) is 11.1. The summed E-state index contributed by atoms with van der Waals surface area (Å²) < 4.78 is 20.4. The van der Waals surface area contributed by atoms with Crippen LogP contribution in [0.15, 0.2) is 22.9 Å². The molecule has 4 nitrogen and oxygen atoms in total. The van der Waals surface area contributed by atoms with Crippen molar-refractivity contribution in [2.45, 2.75) is 6.92 Å². The minimum atomic E-state index is -0.337. The quantitative estimate of drug-likeness (QED) is 0.852. The topological polar surface area (TPSA) is 39.9 Å². The molecule has 84 valence electrons. The highest BCUT2D eigenvalue weighted by molar-refractivity contribution is 9.10. The first-order valence-electron chi connectivity index (χ1n) is 4.56. The van der Waals surface area contributed by atoms with Crippen molar-refractivity contribution in [3.05, 3.63) is 34.3 Å². The van der Waals surface area contributed by atoms with Gasteiger partial charge in [0.05, 0.1) is 0 Å². The van der Waals surface area contributed by atoms with E-state index in [9.17, 15) is 4.39 Å². The van der Waals surface area contributed by atoms with Crippen molar-refractivity contribution in [1.82, 2.24) is 14.8 Å². The van der Waals surface area contributed by atoms with Gasteiger partial charge in [0, 0.05) is 13.1 Å². The molecule has 6 heteroatoms. The molecular formula is C10H9BrFN3O. The van der Waals surface area contributed by atoms with Crippen LogP contribution < -0.4 is 4.74 Å². The number of ether oxygens (including phenoxy) is 1. The van der Waals surface area contributed by atoms with Gasteiger partial charge in [-0.15, -0.1) is 5.10 Å². The van der Waals surface area contributed by atoms with Crippen molar-refractivity contribution in [2.75, 3.05) is 0 Å². The number of rotatable bonds is 2. The fraction of sp³-hybridized carbons (Fsp3) is 0.200. The lowest BCUT2D eigenvalue weighted by molar-refractivity contribution is 0.411. The number of benzene rings is 1. The van der Waals surface area contributed by atoms with Crippen LogP contribution in [0, 0.1) is 12.7 Å². The van der Waals surface area contributed by atoms with Gasteiger partial charge < -0.3 is 4.74 Å². The van der Waals surface area contributed by atoms with Crippen LogP contribution in [0.25, 0.3) is 0 Å². The van der Waals surface area contributed by atoms with Gasteiger partial charge in [0.2, 0.25) is 4.73 Å². The van der Waals surface area contributed by atoms with Crippen LogP contribution in [-0.2, 0) is 7.05 Å². The van der Waals surface area contributed by atoms with E-state index >= 15 is 0 Å². The fourth-order valence-electron chi connectivity index (χ4n) is 1.30. The molecule has 0 saturated carbocycles. The molecule has 1 heterocycles. The zero-order valence-electron chi connectivity index (χ0n) is 8.74. The molecule has 0 radical (unpaired) electrons. The highest BCUT2D eigenvalue weighted by Gasteiger charge is 2.08. The Bertz CT molecular complexity index is 507. The summed E-state index contributed by atoms with van der Waals surface area (Å²) in [6.07, 6.45) is 0. The van der Waals surface area contributed by atoms with Crippen molar-refractivity contribution >= 4 is 15.9 Å². The molecule has 0 saturated heterocycles. The van der Waals surface area contributed by atoms with E-state index in [2.05, 4.69) is 26.0 Å². The Balaban J connectivity index is 2.30. The Morgan fingerprint density at radius 3 is 2.69 bits per heavy atom. The molecule has 2 rings (SSSR count). The molecule has 0 atom stereocenters. The normalized spacial score (nSPS) is 10.5. The standard InChI is InChI=1S/C10H9BrFN3O/c1-6-3-7(12)5-8(4-6)16-10-13-9(11)14-15(10)2/h3-5H,1-2H3. The van der Waals surface area contributed by atoms with Gasteiger partial charge in [-0.25, -0.2) is 9.07 Å². The summed E-state index contributed by atoms with van der Waals surface area (Å²) in [7, 11) is 1.69. The Morgan fingerprint density at radius 1 is 1.38 bits per heavy atom. The minimum Gasteiger partial charge on any atom is -0.424 e. The van der Waals surface area contributed by atoms with Gasteiger partial charge in [0.1, 0.15) is 11.6 Å². The molecule has 0 spiro atoms.